The second kappa shape index (κ2) is 2.93. The predicted octanol–water partition coefficient (Wildman–Crippen LogP) is -0.749. The fourth-order valence-electron chi connectivity index (χ4n) is 2.42. The first-order valence-electron chi connectivity index (χ1n) is 4.63. The van der Waals surface area contributed by atoms with E-state index < -0.39 is 10.0 Å². The fourth-order valence-corrected chi connectivity index (χ4v) is 3.56. The van der Waals surface area contributed by atoms with Crippen molar-refractivity contribution in [1.82, 2.24) is 9.21 Å². The molecule has 2 aliphatic rings. The molecule has 80 valence electrons. The van der Waals surface area contributed by atoms with Gasteiger partial charge in [0.1, 0.15) is 0 Å². The molecule has 2 bridgehead atoms. The Labute approximate surface area is 83.7 Å². The lowest BCUT2D eigenvalue weighted by Crippen LogP contribution is -2.49. The Hall–Kier alpha value is -0.620. The quantitative estimate of drug-likeness (QED) is 0.582. The van der Waals surface area contributed by atoms with Crippen LogP contribution < -0.4 is 0 Å². The Morgan fingerprint density at radius 2 is 1.93 bits per heavy atom. The third-order valence-corrected chi connectivity index (χ3v) is 4.32. The Morgan fingerprint density at radius 3 is 2.29 bits per heavy atom. The molecular formula is C8H14N2O3S. The van der Waals surface area contributed by atoms with Gasteiger partial charge in [0.2, 0.25) is 15.9 Å². The van der Waals surface area contributed by atoms with Crippen LogP contribution in [0.25, 0.3) is 0 Å². The van der Waals surface area contributed by atoms with Gasteiger partial charge < -0.3 is 4.90 Å². The van der Waals surface area contributed by atoms with Gasteiger partial charge in [-0.2, -0.15) is 4.31 Å². The van der Waals surface area contributed by atoms with Crippen LogP contribution in [-0.4, -0.2) is 55.0 Å². The van der Waals surface area contributed by atoms with Crippen LogP contribution in [0.2, 0.25) is 0 Å². The molecule has 0 aromatic rings. The Balaban J connectivity index is 2.15. The van der Waals surface area contributed by atoms with E-state index in [9.17, 15) is 13.2 Å². The highest BCUT2D eigenvalue weighted by Gasteiger charge is 2.47. The maximum absolute atomic E-state index is 11.3. The summed E-state index contributed by atoms with van der Waals surface area (Å²) in [5.74, 6) is 0.0469. The molecule has 0 aliphatic carbocycles. The number of carbonyl (C=O) groups excluding carboxylic acids is 1. The molecular weight excluding hydrogens is 204 g/mol. The molecule has 14 heavy (non-hydrogen) atoms. The molecule has 0 aromatic carbocycles. The highest BCUT2D eigenvalue weighted by Crippen LogP contribution is 2.32. The van der Waals surface area contributed by atoms with Crippen LogP contribution in [0.15, 0.2) is 0 Å². The fraction of sp³-hybridized carbons (Fsp3) is 0.875. The highest BCUT2D eigenvalue weighted by atomic mass is 32.2. The number of fused-ring (bicyclic) bond motifs is 2. The molecule has 0 spiro atoms. The van der Waals surface area contributed by atoms with E-state index in [1.165, 1.54) is 17.5 Å². The highest BCUT2D eigenvalue weighted by molar-refractivity contribution is 7.88. The first-order chi connectivity index (χ1) is 6.39. The van der Waals surface area contributed by atoms with Crippen LogP contribution in [-0.2, 0) is 14.8 Å². The molecule has 0 saturated carbocycles. The zero-order chi connectivity index (χ0) is 10.5. The summed E-state index contributed by atoms with van der Waals surface area (Å²) in [5, 5.41) is 0. The number of sulfonamides is 1. The van der Waals surface area contributed by atoms with Gasteiger partial charge in [-0.15, -0.1) is 0 Å². The van der Waals surface area contributed by atoms with Gasteiger partial charge in [-0.1, -0.05) is 0 Å². The minimum atomic E-state index is -3.09. The van der Waals surface area contributed by atoms with Crippen LogP contribution in [0, 0.1) is 0 Å². The summed E-state index contributed by atoms with van der Waals surface area (Å²) in [6.45, 7) is 2.57. The van der Waals surface area contributed by atoms with Crippen molar-refractivity contribution in [2.45, 2.75) is 25.4 Å². The third-order valence-electron chi connectivity index (χ3n) is 3.02. The SMILES string of the molecule is CC(=O)N1CC2CC1CN2S(C)(=O)=O. The van der Waals surface area contributed by atoms with E-state index in [2.05, 4.69) is 0 Å². The van der Waals surface area contributed by atoms with Gasteiger partial charge >= 0.3 is 0 Å². The van der Waals surface area contributed by atoms with E-state index in [1.807, 2.05) is 0 Å². The van der Waals surface area contributed by atoms with Crippen molar-refractivity contribution in [1.29, 1.82) is 0 Å². The molecule has 2 rings (SSSR count). The zero-order valence-corrected chi connectivity index (χ0v) is 9.12. The van der Waals surface area contributed by atoms with E-state index >= 15 is 0 Å². The molecule has 2 aliphatic heterocycles. The average molecular weight is 218 g/mol. The average Bonchev–Trinajstić information content (AvgIpc) is 2.58. The van der Waals surface area contributed by atoms with E-state index in [-0.39, 0.29) is 18.0 Å². The molecule has 0 radical (unpaired) electrons. The summed E-state index contributed by atoms with van der Waals surface area (Å²) >= 11 is 0. The van der Waals surface area contributed by atoms with Crippen molar-refractivity contribution in [3.8, 4) is 0 Å². The summed E-state index contributed by atoms with van der Waals surface area (Å²) in [7, 11) is -3.09. The molecule has 2 saturated heterocycles. The largest absolute Gasteiger partial charge is 0.337 e. The lowest BCUT2D eigenvalue weighted by atomic mass is 10.2. The summed E-state index contributed by atoms with van der Waals surface area (Å²) in [6.07, 6.45) is 2.03. The summed E-state index contributed by atoms with van der Waals surface area (Å²) in [6, 6.07) is 0.117. The topological polar surface area (TPSA) is 57.7 Å². The van der Waals surface area contributed by atoms with Crippen LogP contribution in [0.1, 0.15) is 13.3 Å². The van der Waals surface area contributed by atoms with Gasteiger partial charge in [0, 0.05) is 32.1 Å². The number of hydrogen-bond acceptors (Lipinski definition) is 3. The van der Waals surface area contributed by atoms with Gasteiger partial charge in [-0.3, -0.25) is 4.79 Å². The van der Waals surface area contributed by atoms with E-state index in [4.69, 9.17) is 0 Å². The lowest BCUT2D eigenvalue weighted by molar-refractivity contribution is -0.130. The monoisotopic (exact) mass is 218 g/mol. The van der Waals surface area contributed by atoms with Gasteiger partial charge in [-0.25, -0.2) is 8.42 Å². The predicted molar refractivity (Wildman–Crippen MR) is 51.1 cm³/mol. The number of nitrogens with zero attached hydrogens (tertiary/aromatic N) is 2. The molecule has 1 amide bonds. The summed E-state index contributed by atoms with van der Waals surface area (Å²) in [5.41, 5.74) is 0. The third kappa shape index (κ3) is 1.42. The molecule has 5 nitrogen and oxygen atoms in total. The molecule has 6 heteroatoms. The van der Waals surface area contributed by atoms with E-state index in [0.717, 1.165) is 6.42 Å². The number of hydrogen-bond donors (Lipinski definition) is 0. The first-order valence-corrected chi connectivity index (χ1v) is 6.48. The van der Waals surface area contributed by atoms with Gasteiger partial charge in [-0.05, 0) is 6.42 Å². The molecule has 2 unspecified atom stereocenters. The summed E-state index contributed by atoms with van der Waals surface area (Å²) < 4.78 is 24.2. The van der Waals surface area contributed by atoms with Crippen molar-refractivity contribution in [3.05, 3.63) is 0 Å². The Kier molecular flexibility index (Phi) is 2.08. The van der Waals surface area contributed by atoms with Gasteiger partial charge in [0.05, 0.1) is 6.26 Å². The van der Waals surface area contributed by atoms with Crippen LogP contribution in [0.3, 0.4) is 0 Å². The molecule has 0 aromatic heterocycles. The minimum Gasteiger partial charge on any atom is -0.337 e. The van der Waals surface area contributed by atoms with Crippen molar-refractivity contribution < 1.29 is 13.2 Å². The normalized spacial score (nSPS) is 32.6. The van der Waals surface area contributed by atoms with Crippen molar-refractivity contribution in [2.24, 2.45) is 0 Å². The van der Waals surface area contributed by atoms with E-state index in [1.54, 1.807) is 4.90 Å². The zero-order valence-electron chi connectivity index (χ0n) is 8.30. The number of likely N-dealkylation sites (tertiary alicyclic amines) is 1. The van der Waals surface area contributed by atoms with Crippen LogP contribution in [0.5, 0.6) is 0 Å². The lowest BCUT2D eigenvalue weighted by Gasteiger charge is -2.32. The standard InChI is InChI=1S/C8H14N2O3S/c1-6(11)9-4-8-3-7(9)5-10(8)14(2,12)13/h7-8H,3-5H2,1-2H3. The second-order valence-corrected chi connectivity index (χ2v) is 5.98. The van der Waals surface area contributed by atoms with Crippen LogP contribution in [0.4, 0.5) is 0 Å². The van der Waals surface area contributed by atoms with Crippen molar-refractivity contribution in [2.75, 3.05) is 19.3 Å². The molecule has 0 N–H and O–H groups in total. The van der Waals surface area contributed by atoms with Crippen molar-refractivity contribution in [3.63, 3.8) is 0 Å². The first kappa shape index (κ1) is 9.92. The molecule has 2 heterocycles. The Bertz CT molecular complexity index is 365. The maximum Gasteiger partial charge on any atom is 0.219 e. The number of amides is 1. The van der Waals surface area contributed by atoms with Gasteiger partial charge in [0.25, 0.3) is 0 Å². The Morgan fingerprint density at radius 1 is 1.29 bits per heavy atom. The number of piperazine rings is 1. The number of carbonyl (C=O) groups is 1. The smallest absolute Gasteiger partial charge is 0.219 e. The number of rotatable bonds is 1. The molecule has 2 atom stereocenters. The minimum absolute atomic E-state index is 0.0129. The molecule has 2 fully saturated rings. The maximum atomic E-state index is 11.3. The van der Waals surface area contributed by atoms with Gasteiger partial charge in [0.15, 0.2) is 0 Å². The summed E-state index contributed by atoms with van der Waals surface area (Å²) in [4.78, 5) is 12.9. The second-order valence-electron chi connectivity index (χ2n) is 4.05. The van der Waals surface area contributed by atoms with E-state index in [0.29, 0.717) is 13.1 Å². The van der Waals surface area contributed by atoms with Crippen molar-refractivity contribution >= 4 is 15.9 Å². The van der Waals surface area contributed by atoms with Crippen LogP contribution >= 0.6 is 0 Å².